The van der Waals surface area contributed by atoms with Crippen LogP contribution in [-0.4, -0.2) is 11.3 Å². The van der Waals surface area contributed by atoms with Gasteiger partial charge in [-0.3, -0.25) is 4.79 Å². The molecule has 0 aliphatic carbocycles. The monoisotopic (exact) mass is 155 g/mol. The van der Waals surface area contributed by atoms with Crippen LogP contribution in [0.4, 0.5) is 0 Å². The van der Waals surface area contributed by atoms with Crippen molar-refractivity contribution in [2.24, 2.45) is 5.73 Å². The first-order valence-electron chi connectivity index (χ1n) is 3.91. The van der Waals surface area contributed by atoms with Gasteiger partial charge in [-0.15, -0.1) is 6.58 Å². The quantitative estimate of drug-likeness (QED) is 0.484. The number of Topliss-reactive ketones (excluding diaryl/α,β-unsaturated/α-hetero) is 1. The molecule has 0 bridgehead atoms. The van der Waals surface area contributed by atoms with E-state index in [2.05, 4.69) is 6.58 Å². The first-order valence-corrected chi connectivity index (χ1v) is 3.91. The van der Waals surface area contributed by atoms with Crippen molar-refractivity contribution >= 4 is 5.78 Å². The van der Waals surface area contributed by atoms with Crippen LogP contribution in [-0.2, 0) is 4.79 Å². The van der Waals surface area contributed by atoms with E-state index >= 15 is 0 Å². The third kappa shape index (κ3) is 3.94. The Kier molecular flexibility index (Phi) is 4.04. The smallest absolute Gasteiger partial charge is 0.149 e. The summed E-state index contributed by atoms with van der Waals surface area (Å²) >= 11 is 0. The molecule has 0 rings (SSSR count). The lowest BCUT2D eigenvalue weighted by Gasteiger charge is -2.20. The van der Waals surface area contributed by atoms with Crippen LogP contribution in [0.2, 0.25) is 0 Å². The number of allylic oxidation sites excluding steroid dienone is 1. The van der Waals surface area contributed by atoms with Gasteiger partial charge in [-0.1, -0.05) is 6.08 Å². The highest BCUT2D eigenvalue weighted by Crippen LogP contribution is 2.11. The number of hydrogen-bond donors (Lipinski definition) is 1. The molecule has 0 spiro atoms. The summed E-state index contributed by atoms with van der Waals surface area (Å²) in [6.07, 6.45) is 4.46. The SMILES string of the molecule is C=CCCC[C@@](C)(N)C(C)=O. The molecule has 2 nitrogen and oxygen atoms in total. The highest BCUT2D eigenvalue weighted by Gasteiger charge is 2.22. The van der Waals surface area contributed by atoms with Crippen molar-refractivity contribution in [1.82, 2.24) is 0 Å². The molecule has 0 amide bonds. The zero-order valence-electron chi connectivity index (χ0n) is 7.39. The Balaban J connectivity index is 3.72. The number of ketones is 1. The number of nitrogens with two attached hydrogens (primary N) is 1. The van der Waals surface area contributed by atoms with Crippen molar-refractivity contribution in [3.8, 4) is 0 Å². The van der Waals surface area contributed by atoms with Gasteiger partial charge in [0.05, 0.1) is 5.54 Å². The van der Waals surface area contributed by atoms with Crippen molar-refractivity contribution in [2.45, 2.75) is 38.6 Å². The zero-order valence-corrected chi connectivity index (χ0v) is 7.39. The molecular formula is C9H17NO. The minimum Gasteiger partial charge on any atom is -0.319 e. The molecule has 64 valence electrons. The van der Waals surface area contributed by atoms with E-state index in [1.165, 1.54) is 6.92 Å². The second-order valence-electron chi connectivity index (χ2n) is 3.15. The van der Waals surface area contributed by atoms with Gasteiger partial charge in [-0.05, 0) is 33.1 Å². The van der Waals surface area contributed by atoms with Crippen molar-refractivity contribution in [2.75, 3.05) is 0 Å². The summed E-state index contributed by atoms with van der Waals surface area (Å²) < 4.78 is 0. The maximum Gasteiger partial charge on any atom is 0.149 e. The first-order chi connectivity index (χ1) is 5.00. The molecule has 0 heterocycles. The highest BCUT2D eigenvalue weighted by atomic mass is 16.1. The normalized spacial score (nSPS) is 15.5. The van der Waals surface area contributed by atoms with Crippen LogP contribution in [0.5, 0.6) is 0 Å². The van der Waals surface area contributed by atoms with Gasteiger partial charge in [0.15, 0.2) is 0 Å². The summed E-state index contributed by atoms with van der Waals surface area (Å²) in [6.45, 7) is 6.91. The van der Waals surface area contributed by atoms with E-state index in [-0.39, 0.29) is 5.78 Å². The van der Waals surface area contributed by atoms with Crippen molar-refractivity contribution in [3.05, 3.63) is 12.7 Å². The van der Waals surface area contributed by atoms with E-state index in [1.807, 2.05) is 6.08 Å². The maximum absolute atomic E-state index is 10.9. The van der Waals surface area contributed by atoms with Gasteiger partial charge in [0.25, 0.3) is 0 Å². The second kappa shape index (κ2) is 4.29. The van der Waals surface area contributed by atoms with Crippen LogP contribution >= 0.6 is 0 Å². The second-order valence-corrected chi connectivity index (χ2v) is 3.15. The zero-order chi connectivity index (χ0) is 8.91. The number of carbonyl (C=O) groups is 1. The van der Waals surface area contributed by atoms with Gasteiger partial charge < -0.3 is 5.73 Å². The molecule has 0 saturated heterocycles. The molecule has 0 saturated carbocycles. The summed E-state index contributed by atoms with van der Waals surface area (Å²) in [7, 11) is 0. The summed E-state index contributed by atoms with van der Waals surface area (Å²) in [5, 5.41) is 0. The Morgan fingerprint density at radius 2 is 2.27 bits per heavy atom. The molecule has 2 N–H and O–H groups in total. The topological polar surface area (TPSA) is 43.1 Å². The molecule has 11 heavy (non-hydrogen) atoms. The summed E-state index contributed by atoms with van der Waals surface area (Å²) in [5.41, 5.74) is 5.08. The minimum absolute atomic E-state index is 0.0570. The molecule has 0 aliphatic heterocycles. The maximum atomic E-state index is 10.9. The molecule has 1 atom stereocenters. The number of carbonyl (C=O) groups excluding carboxylic acids is 1. The molecule has 0 radical (unpaired) electrons. The molecule has 0 aliphatic rings. The summed E-state index contributed by atoms with van der Waals surface area (Å²) in [6, 6.07) is 0. The van der Waals surface area contributed by atoms with Gasteiger partial charge in [0.1, 0.15) is 5.78 Å². The average molecular weight is 155 g/mol. The third-order valence-electron chi connectivity index (χ3n) is 1.91. The molecule has 0 aromatic carbocycles. The Bertz CT molecular complexity index is 150. The fraction of sp³-hybridized carbons (Fsp3) is 0.667. The van der Waals surface area contributed by atoms with Crippen LogP contribution in [0.3, 0.4) is 0 Å². The van der Waals surface area contributed by atoms with Gasteiger partial charge in [-0.2, -0.15) is 0 Å². The van der Waals surface area contributed by atoms with E-state index < -0.39 is 5.54 Å². The highest BCUT2D eigenvalue weighted by molar-refractivity contribution is 5.85. The molecule has 0 aromatic rings. The molecule has 0 unspecified atom stereocenters. The van der Waals surface area contributed by atoms with E-state index in [4.69, 9.17) is 5.73 Å². The Morgan fingerprint density at radius 1 is 1.73 bits per heavy atom. The fourth-order valence-electron chi connectivity index (χ4n) is 0.790. The first kappa shape index (κ1) is 10.4. The molecule has 2 heteroatoms. The van der Waals surface area contributed by atoms with Gasteiger partial charge in [0.2, 0.25) is 0 Å². The molecular weight excluding hydrogens is 138 g/mol. The summed E-state index contributed by atoms with van der Waals surface area (Å²) in [4.78, 5) is 10.9. The molecule has 0 fully saturated rings. The predicted octanol–water partition coefficient (Wildman–Crippen LogP) is 1.65. The van der Waals surface area contributed by atoms with Gasteiger partial charge in [-0.25, -0.2) is 0 Å². The summed E-state index contributed by atoms with van der Waals surface area (Å²) in [5.74, 6) is 0.0570. The Hall–Kier alpha value is -0.630. The number of rotatable bonds is 5. The predicted molar refractivity (Wildman–Crippen MR) is 47.3 cm³/mol. The Morgan fingerprint density at radius 3 is 2.64 bits per heavy atom. The van der Waals surface area contributed by atoms with Gasteiger partial charge >= 0.3 is 0 Å². The van der Waals surface area contributed by atoms with Crippen molar-refractivity contribution in [1.29, 1.82) is 0 Å². The molecule has 0 aromatic heterocycles. The van der Waals surface area contributed by atoms with E-state index in [1.54, 1.807) is 6.92 Å². The van der Waals surface area contributed by atoms with E-state index in [0.717, 1.165) is 19.3 Å². The lowest BCUT2D eigenvalue weighted by atomic mass is 9.92. The minimum atomic E-state index is -0.636. The van der Waals surface area contributed by atoms with Crippen LogP contribution < -0.4 is 5.73 Å². The van der Waals surface area contributed by atoms with Crippen LogP contribution in [0.15, 0.2) is 12.7 Å². The van der Waals surface area contributed by atoms with Crippen molar-refractivity contribution in [3.63, 3.8) is 0 Å². The number of hydrogen-bond acceptors (Lipinski definition) is 2. The lowest BCUT2D eigenvalue weighted by Crippen LogP contribution is -2.43. The average Bonchev–Trinajstić information content (AvgIpc) is 1.88. The fourth-order valence-corrected chi connectivity index (χ4v) is 0.790. The van der Waals surface area contributed by atoms with Gasteiger partial charge in [0, 0.05) is 0 Å². The van der Waals surface area contributed by atoms with Crippen LogP contribution in [0, 0.1) is 0 Å². The van der Waals surface area contributed by atoms with Crippen LogP contribution in [0.25, 0.3) is 0 Å². The van der Waals surface area contributed by atoms with Crippen molar-refractivity contribution < 1.29 is 4.79 Å². The largest absolute Gasteiger partial charge is 0.319 e. The number of unbranched alkanes of at least 4 members (excludes halogenated alkanes) is 1. The Labute approximate surface area is 68.5 Å². The van der Waals surface area contributed by atoms with Crippen LogP contribution in [0.1, 0.15) is 33.1 Å². The van der Waals surface area contributed by atoms with E-state index in [0.29, 0.717) is 0 Å². The third-order valence-corrected chi connectivity index (χ3v) is 1.91. The standard InChI is InChI=1S/C9H17NO/c1-4-5-6-7-9(3,10)8(2)11/h4H,1,5-7,10H2,2-3H3/t9-/m1/s1. The van der Waals surface area contributed by atoms with E-state index in [9.17, 15) is 4.79 Å². The lowest BCUT2D eigenvalue weighted by molar-refractivity contribution is -0.121.